The van der Waals surface area contributed by atoms with Crippen LogP contribution in [0.1, 0.15) is 79.6 Å². The van der Waals surface area contributed by atoms with E-state index < -0.39 is 83.1 Å². The fraction of sp³-hybridized carbons (Fsp3) is 0.806. The minimum Gasteiger partial charge on any atom is -0.458 e. The van der Waals surface area contributed by atoms with Crippen LogP contribution >= 0.6 is 0 Å². The lowest BCUT2D eigenvalue weighted by Crippen LogP contribution is -2.68. The third-order valence-electron chi connectivity index (χ3n) is 11.2. The Hall–Kier alpha value is -2.34. The van der Waals surface area contributed by atoms with Gasteiger partial charge in [0.15, 0.2) is 11.9 Å². The molecule has 0 spiro atoms. The summed E-state index contributed by atoms with van der Waals surface area (Å²) in [7, 11) is 0. The highest BCUT2D eigenvalue weighted by Gasteiger charge is 2.71. The number of Topliss-reactive ketones (excluding diaryl/α,β-unsaturated/α-hetero) is 1. The van der Waals surface area contributed by atoms with Crippen LogP contribution < -0.4 is 5.73 Å². The molecule has 236 valence electrons. The van der Waals surface area contributed by atoms with Gasteiger partial charge >= 0.3 is 11.9 Å². The van der Waals surface area contributed by atoms with Crippen LogP contribution in [0.15, 0.2) is 11.6 Å². The Morgan fingerprint density at radius 2 is 1.71 bits per heavy atom. The summed E-state index contributed by atoms with van der Waals surface area (Å²) in [4.78, 5) is 50.4. The molecule has 1 unspecified atom stereocenters. The maximum absolute atomic E-state index is 14.2. The zero-order valence-corrected chi connectivity index (χ0v) is 25.2. The van der Waals surface area contributed by atoms with Crippen molar-refractivity contribution in [3.63, 3.8) is 0 Å². The number of aliphatic hydroxyl groups excluding tert-OH is 4. The lowest BCUT2D eigenvalue weighted by molar-refractivity contribution is -0.241. The van der Waals surface area contributed by atoms with E-state index in [4.69, 9.17) is 15.2 Å². The quantitative estimate of drug-likeness (QED) is 0.201. The van der Waals surface area contributed by atoms with Crippen molar-refractivity contribution in [2.45, 2.75) is 116 Å². The van der Waals surface area contributed by atoms with Gasteiger partial charge in [0.25, 0.3) is 0 Å². The van der Waals surface area contributed by atoms with Gasteiger partial charge in [0.1, 0.15) is 12.2 Å². The molecular formula is C31H47NO10. The summed E-state index contributed by atoms with van der Waals surface area (Å²) in [5.74, 6) is -4.41. The monoisotopic (exact) mass is 593 g/mol. The zero-order chi connectivity index (χ0) is 31.3. The number of ketones is 1. The second kappa shape index (κ2) is 12.0. The van der Waals surface area contributed by atoms with Crippen LogP contribution in [0.5, 0.6) is 0 Å². The van der Waals surface area contributed by atoms with Gasteiger partial charge < -0.3 is 35.6 Å². The number of primary amides is 1. The van der Waals surface area contributed by atoms with Crippen LogP contribution in [-0.2, 0) is 28.7 Å². The summed E-state index contributed by atoms with van der Waals surface area (Å²) in [6.07, 6.45) is -3.37. The predicted molar refractivity (Wildman–Crippen MR) is 149 cm³/mol. The van der Waals surface area contributed by atoms with E-state index in [1.54, 1.807) is 19.9 Å². The van der Waals surface area contributed by atoms with Crippen LogP contribution in [0, 0.1) is 40.4 Å². The third kappa shape index (κ3) is 5.42. The molecule has 13 atom stereocenters. The molecule has 11 nitrogen and oxygen atoms in total. The number of aliphatic hydroxyl groups is 4. The highest BCUT2D eigenvalue weighted by Crippen LogP contribution is 2.67. The van der Waals surface area contributed by atoms with Crippen molar-refractivity contribution in [2.75, 3.05) is 0 Å². The molecule has 0 aliphatic heterocycles. The number of fused-ring (bicyclic) bond motifs is 5. The van der Waals surface area contributed by atoms with E-state index in [-0.39, 0.29) is 36.9 Å². The van der Waals surface area contributed by atoms with Gasteiger partial charge in [-0.3, -0.25) is 19.2 Å². The number of ether oxygens (including phenoxy) is 2. The van der Waals surface area contributed by atoms with Crippen LogP contribution in [0.2, 0.25) is 0 Å². The van der Waals surface area contributed by atoms with Gasteiger partial charge in [-0.05, 0) is 56.3 Å². The van der Waals surface area contributed by atoms with E-state index in [0.717, 1.165) is 5.57 Å². The van der Waals surface area contributed by atoms with E-state index in [1.807, 2.05) is 13.8 Å². The van der Waals surface area contributed by atoms with E-state index in [9.17, 15) is 39.6 Å². The molecule has 0 aromatic carbocycles. The van der Waals surface area contributed by atoms with Gasteiger partial charge in [0.05, 0.1) is 24.7 Å². The Morgan fingerprint density at radius 3 is 2.31 bits per heavy atom. The SMILES string of the molecule is CCC(O)CC(=O)O[C@@H]1[C@H](OC(C)=O)[C@@H]2CC[C@@H]3[C@H]([C@H](O)C(=O)[C@@]4(C)[C@H]3[C@H](O)C[C@@H]4/C(C)=C/CC(N)=O)[C@@]2(C)C[C@H]1O. The molecule has 0 bridgehead atoms. The molecule has 0 radical (unpaired) electrons. The van der Waals surface area contributed by atoms with E-state index in [1.165, 1.54) is 6.92 Å². The van der Waals surface area contributed by atoms with Crippen molar-refractivity contribution >= 4 is 23.6 Å². The molecule has 4 fully saturated rings. The molecule has 4 aliphatic carbocycles. The molecule has 0 heterocycles. The number of allylic oxidation sites excluding steroid dienone is 1. The fourth-order valence-electron chi connectivity index (χ4n) is 9.36. The number of esters is 2. The molecule has 0 aromatic rings. The first kappa shape index (κ1) is 32.6. The Labute approximate surface area is 246 Å². The summed E-state index contributed by atoms with van der Waals surface area (Å²) in [5.41, 5.74) is 4.15. The predicted octanol–water partition coefficient (Wildman–Crippen LogP) is 1.17. The number of rotatable bonds is 8. The first-order valence-corrected chi connectivity index (χ1v) is 15.2. The first-order chi connectivity index (χ1) is 19.6. The summed E-state index contributed by atoms with van der Waals surface area (Å²) in [5, 5.41) is 44.4. The van der Waals surface area contributed by atoms with Gasteiger partial charge in [-0.1, -0.05) is 32.4 Å². The number of nitrogens with two attached hydrogens (primary N) is 1. The average molecular weight is 594 g/mol. The minimum atomic E-state index is -1.40. The van der Waals surface area contributed by atoms with Gasteiger partial charge in [-0.15, -0.1) is 0 Å². The van der Waals surface area contributed by atoms with Crippen molar-refractivity contribution in [1.82, 2.24) is 0 Å². The number of carbonyl (C=O) groups is 4. The fourth-order valence-corrected chi connectivity index (χ4v) is 9.36. The summed E-state index contributed by atoms with van der Waals surface area (Å²) < 4.78 is 11.3. The molecule has 1 amide bonds. The second-order valence-electron chi connectivity index (χ2n) is 13.5. The van der Waals surface area contributed by atoms with E-state index >= 15 is 0 Å². The van der Waals surface area contributed by atoms with Crippen molar-refractivity contribution in [3.8, 4) is 0 Å². The summed E-state index contributed by atoms with van der Waals surface area (Å²) in [6, 6.07) is 0. The number of hydrogen-bond donors (Lipinski definition) is 5. The molecule has 11 heteroatoms. The molecule has 42 heavy (non-hydrogen) atoms. The van der Waals surface area contributed by atoms with Crippen molar-refractivity contribution in [2.24, 2.45) is 46.2 Å². The Bertz CT molecular complexity index is 1120. The average Bonchev–Trinajstić information content (AvgIpc) is 3.18. The van der Waals surface area contributed by atoms with Gasteiger partial charge in [0, 0.05) is 36.5 Å². The Balaban J connectivity index is 1.69. The Morgan fingerprint density at radius 1 is 1.05 bits per heavy atom. The number of amides is 1. The lowest BCUT2D eigenvalue weighted by atomic mass is 9.42. The van der Waals surface area contributed by atoms with E-state index in [0.29, 0.717) is 25.7 Å². The topological polar surface area (TPSA) is 194 Å². The normalized spacial score (nSPS) is 43.9. The highest BCUT2D eigenvalue weighted by atomic mass is 16.6. The molecule has 6 N–H and O–H groups in total. The molecule has 0 saturated heterocycles. The summed E-state index contributed by atoms with van der Waals surface area (Å²) >= 11 is 0. The van der Waals surface area contributed by atoms with Crippen LogP contribution in [0.25, 0.3) is 0 Å². The smallest absolute Gasteiger partial charge is 0.308 e. The largest absolute Gasteiger partial charge is 0.458 e. The third-order valence-corrected chi connectivity index (χ3v) is 11.2. The summed E-state index contributed by atoms with van der Waals surface area (Å²) in [6.45, 7) is 8.46. The first-order valence-electron chi connectivity index (χ1n) is 15.2. The molecule has 0 aromatic heterocycles. The maximum Gasteiger partial charge on any atom is 0.308 e. The molecule has 4 aliphatic rings. The maximum atomic E-state index is 14.2. The minimum absolute atomic E-state index is 0.0142. The number of hydrogen-bond acceptors (Lipinski definition) is 10. The van der Waals surface area contributed by atoms with E-state index in [2.05, 4.69) is 0 Å². The highest BCUT2D eigenvalue weighted by molar-refractivity contribution is 5.91. The van der Waals surface area contributed by atoms with Crippen LogP contribution in [0.4, 0.5) is 0 Å². The van der Waals surface area contributed by atoms with Gasteiger partial charge in [-0.25, -0.2) is 0 Å². The van der Waals surface area contributed by atoms with Crippen molar-refractivity contribution < 1.29 is 49.1 Å². The van der Waals surface area contributed by atoms with Crippen LogP contribution in [-0.4, -0.2) is 80.7 Å². The molecule has 4 saturated carbocycles. The number of carbonyl (C=O) groups excluding carboxylic acids is 4. The van der Waals surface area contributed by atoms with Gasteiger partial charge in [0.2, 0.25) is 5.91 Å². The molecular weight excluding hydrogens is 546 g/mol. The zero-order valence-electron chi connectivity index (χ0n) is 25.2. The molecule has 4 rings (SSSR count). The van der Waals surface area contributed by atoms with Gasteiger partial charge in [-0.2, -0.15) is 0 Å². The van der Waals surface area contributed by atoms with Crippen molar-refractivity contribution in [3.05, 3.63) is 11.6 Å². The van der Waals surface area contributed by atoms with Crippen molar-refractivity contribution in [1.29, 1.82) is 0 Å². The Kier molecular flexibility index (Phi) is 9.29. The lowest BCUT2D eigenvalue weighted by Gasteiger charge is -2.63. The second-order valence-corrected chi connectivity index (χ2v) is 13.5. The van der Waals surface area contributed by atoms with Crippen LogP contribution in [0.3, 0.4) is 0 Å². The standard InChI is InChI=1S/C31H47NO10/c1-6-16(34)11-23(38)42-28-21(36)13-30(4)18(27(28)41-15(3)33)9-8-17-24-20(35)12-19(14(2)7-10-22(32)37)31(24,5)29(40)26(39)25(17)30/h7,16-21,24-28,34-36,39H,6,8-13H2,1-5H3,(H2,32,37)/b14-7+/t16?,17-,18-,19+,20+,21+,24+,25+,26-,27+,28-,30-,31+/m0/s1.